The molecule has 132 valence electrons. The van der Waals surface area contributed by atoms with Gasteiger partial charge in [-0.1, -0.05) is 0 Å². The summed E-state index contributed by atoms with van der Waals surface area (Å²) in [5.74, 6) is -0.577. The van der Waals surface area contributed by atoms with Crippen molar-refractivity contribution in [3.63, 3.8) is 0 Å². The van der Waals surface area contributed by atoms with Gasteiger partial charge >= 0.3 is 11.8 Å². The molecule has 0 saturated carbocycles. The molecule has 0 radical (unpaired) electrons. The Morgan fingerprint density at radius 3 is 2.08 bits per heavy atom. The number of rotatable bonds is 5. The van der Waals surface area contributed by atoms with E-state index in [1.165, 1.54) is 14.2 Å². The fourth-order valence-electron chi connectivity index (χ4n) is 2.11. The van der Waals surface area contributed by atoms with Crippen LogP contribution < -0.4 is 25.0 Å². The second-order valence-corrected chi connectivity index (χ2v) is 5.42. The van der Waals surface area contributed by atoms with E-state index in [0.717, 1.165) is 5.69 Å². The Balaban J connectivity index is 2.04. The Kier molecular flexibility index (Phi) is 5.84. The van der Waals surface area contributed by atoms with Crippen LogP contribution in [0.25, 0.3) is 0 Å². The molecule has 0 aliphatic rings. The molecular weight excluding hydrogens is 322 g/mol. The quantitative estimate of drug-likeness (QED) is 0.815. The van der Waals surface area contributed by atoms with Crippen molar-refractivity contribution in [2.24, 2.45) is 0 Å². The predicted octanol–water partition coefficient (Wildman–Crippen LogP) is 2.35. The summed E-state index contributed by atoms with van der Waals surface area (Å²) in [6.07, 6.45) is 0. The maximum absolute atomic E-state index is 12.1. The molecule has 0 unspecified atom stereocenters. The number of amides is 2. The first-order valence-electron chi connectivity index (χ1n) is 7.56. The molecule has 0 saturated heterocycles. The monoisotopic (exact) mass is 343 g/mol. The topological polar surface area (TPSA) is 79.9 Å². The zero-order chi connectivity index (χ0) is 18.4. The minimum Gasteiger partial charge on any atom is -0.497 e. The van der Waals surface area contributed by atoms with Crippen molar-refractivity contribution in [3.05, 3.63) is 42.5 Å². The molecular formula is C18H21N3O4. The van der Waals surface area contributed by atoms with Crippen LogP contribution in [0.3, 0.4) is 0 Å². The number of benzene rings is 2. The Morgan fingerprint density at radius 1 is 0.880 bits per heavy atom. The number of carbonyl (C=O) groups is 2. The number of anilines is 3. The molecule has 0 fully saturated rings. The summed E-state index contributed by atoms with van der Waals surface area (Å²) in [6.45, 7) is 0. The summed E-state index contributed by atoms with van der Waals surface area (Å²) in [5, 5.41) is 5.08. The molecule has 2 rings (SSSR count). The number of methoxy groups -OCH3 is 2. The van der Waals surface area contributed by atoms with Crippen LogP contribution in [-0.2, 0) is 9.59 Å². The minimum atomic E-state index is -0.792. The zero-order valence-electron chi connectivity index (χ0n) is 14.6. The summed E-state index contributed by atoms with van der Waals surface area (Å²) in [7, 11) is 6.84. The van der Waals surface area contributed by atoms with Gasteiger partial charge in [-0.25, -0.2) is 0 Å². The smallest absolute Gasteiger partial charge is 0.314 e. The van der Waals surface area contributed by atoms with E-state index < -0.39 is 11.8 Å². The lowest BCUT2D eigenvalue weighted by molar-refractivity contribution is -0.133. The number of hydrogen-bond donors (Lipinski definition) is 2. The van der Waals surface area contributed by atoms with Gasteiger partial charge in [0.05, 0.1) is 19.9 Å². The number of hydrogen-bond acceptors (Lipinski definition) is 5. The van der Waals surface area contributed by atoms with Crippen LogP contribution in [-0.4, -0.2) is 40.1 Å². The van der Waals surface area contributed by atoms with Crippen molar-refractivity contribution in [1.82, 2.24) is 0 Å². The van der Waals surface area contributed by atoms with Crippen molar-refractivity contribution in [2.45, 2.75) is 0 Å². The van der Waals surface area contributed by atoms with Crippen LogP contribution in [0.15, 0.2) is 42.5 Å². The van der Waals surface area contributed by atoms with Gasteiger partial charge in [0.25, 0.3) is 0 Å². The molecule has 2 aromatic carbocycles. The van der Waals surface area contributed by atoms with E-state index in [9.17, 15) is 9.59 Å². The van der Waals surface area contributed by atoms with Crippen LogP contribution >= 0.6 is 0 Å². The van der Waals surface area contributed by atoms with Gasteiger partial charge in [-0.2, -0.15) is 0 Å². The first-order chi connectivity index (χ1) is 11.9. The number of nitrogens with one attached hydrogen (secondary N) is 2. The van der Waals surface area contributed by atoms with Gasteiger partial charge in [-0.15, -0.1) is 0 Å². The first kappa shape index (κ1) is 18.1. The van der Waals surface area contributed by atoms with Crippen molar-refractivity contribution in [1.29, 1.82) is 0 Å². The molecule has 25 heavy (non-hydrogen) atoms. The summed E-state index contributed by atoms with van der Waals surface area (Å²) in [4.78, 5) is 26.1. The molecule has 0 heterocycles. The van der Waals surface area contributed by atoms with E-state index in [2.05, 4.69) is 10.6 Å². The molecule has 7 nitrogen and oxygen atoms in total. The van der Waals surface area contributed by atoms with Crippen LogP contribution in [0.4, 0.5) is 17.1 Å². The molecule has 7 heteroatoms. The lowest BCUT2D eigenvalue weighted by Gasteiger charge is -2.13. The zero-order valence-corrected chi connectivity index (χ0v) is 14.6. The normalized spacial score (nSPS) is 9.92. The lowest BCUT2D eigenvalue weighted by atomic mass is 10.2. The molecule has 0 atom stereocenters. The van der Waals surface area contributed by atoms with Gasteiger partial charge in [0.15, 0.2) is 0 Å². The summed E-state index contributed by atoms with van der Waals surface area (Å²) in [6, 6.07) is 12.0. The summed E-state index contributed by atoms with van der Waals surface area (Å²) < 4.78 is 10.3. The fourth-order valence-corrected chi connectivity index (χ4v) is 2.11. The third-order valence-corrected chi connectivity index (χ3v) is 3.50. The second kappa shape index (κ2) is 8.05. The van der Waals surface area contributed by atoms with Gasteiger partial charge in [0.2, 0.25) is 0 Å². The Labute approximate surface area is 146 Å². The highest BCUT2D eigenvalue weighted by Gasteiger charge is 2.16. The molecule has 0 bridgehead atoms. The van der Waals surface area contributed by atoms with Gasteiger partial charge in [-0.3, -0.25) is 9.59 Å². The number of carbonyl (C=O) groups excluding carboxylic acids is 2. The van der Waals surface area contributed by atoms with E-state index >= 15 is 0 Å². The summed E-state index contributed by atoms with van der Waals surface area (Å²) >= 11 is 0. The Bertz CT molecular complexity index is 757. The van der Waals surface area contributed by atoms with E-state index in [1.807, 2.05) is 31.1 Å². The van der Waals surface area contributed by atoms with E-state index in [1.54, 1.807) is 30.3 Å². The number of nitrogens with zero attached hydrogens (tertiary/aromatic N) is 1. The largest absolute Gasteiger partial charge is 0.497 e. The van der Waals surface area contributed by atoms with Gasteiger partial charge < -0.3 is 25.0 Å². The first-order valence-corrected chi connectivity index (χ1v) is 7.56. The summed E-state index contributed by atoms with van der Waals surface area (Å²) in [5.41, 5.74) is 1.91. The standard InChI is InChI=1S/C18H21N3O4/c1-21(2)13-7-5-12(6-8-13)19-17(22)18(23)20-15-10-9-14(24-3)11-16(15)25-4/h5-11H,1-4H3,(H,19,22)(H,20,23). The molecule has 0 aromatic heterocycles. The van der Waals surface area contributed by atoms with Gasteiger partial charge in [-0.05, 0) is 36.4 Å². The Hall–Kier alpha value is -3.22. The maximum atomic E-state index is 12.1. The van der Waals surface area contributed by atoms with Gasteiger partial charge in [0, 0.05) is 31.5 Å². The average Bonchev–Trinajstić information content (AvgIpc) is 2.62. The molecule has 0 aliphatic carbocycles. The van der Waals surface area contributed by atoms with Crippen LogP contribution in [0, 0.1) is 0 Å². The molecule has 0 aliphatic heterocycles. The predicted molar refractivity (Wildman–Crippen MR) is 97.6 cm³/mol. The average molecular weight is 343 g/mol. The van der Waals surface area contributed by atoms with E-state index in [4.69, 9.17) is 9.47 Å². The third kappa shape index (κ3) is 4.63. The van der Waals surface area contributed by atoms with Gasteiger partial charge in [0.1, 0.15) is 11.5 Å². The van der Waals surface area contributed by atoms with Crippen LogP contribution in [0.1, 0.15) is 0 Å². The highest BCUT2D eigenvalue weighted by molar-refractivity contribution is 6.43. The SMILES string of the molecule is COc1ccc(NC(=O)C(=O)Nc2ccc(N(C)C)cc2)c(OC)c1. The van der Waals surface area contributed by atoms with Crippen molar-refractivity contribution >= 4 is 28.9 Å². The van der Waals surface area contributed by atoms with Crippen molar-refractivity contribution in [2.75, 3.05) is 43.8 Å². The third-order valence-electron chi connectivity index (χ3n) is 3.50. The van der Waals surface area contributed by atoms with Crippen molar-refractivity contribution in [3.8, 4) is 11.5 Å². The second-order valence-electron chi connectivity index (χ2n) is 5.42. The van der Waals surface area contributed by atoms with Crippen LogP contribution in [0.2, 0.25) is 0 Å². The maximum Gasteiger partial charge on any atom is 0.314 e. The lowest BCUT2D eigenvalue weighted by Crippen LogP contribution is -2.29. The van der Waals surface area contributed by atoms with Crippen LogP contribution in [0.5, 0.6) is 11.5 Å². The number of ether oxygens (including phenoxy) is 2. The minimum absolute atomic E-state index is 0.381. The Morgan fingerprint density at radius 2 is 1.52 bits per heavy atom. The highest BCUT2D eigenvalue weighted by Crippen LogP contribution is 2.29. The van der Waals surface area contributed by atoms with Crippen molar-refractivity contribution < 1.29 is 19.1 Å². The fraction of sp³-hybridized carbons (Fsp3) is 0.222. The molecule has 2 N–H and O–H groups in total. The molecule has 2 aromatic rings. The van der Waals surface area contributed by atoms with E-state index in [-0.39, 0.29) is 0 Å². The molecule has 2 amide bonds. The van der Waals surface area contributed by atoms with E-state index in [0.29, 0.717) is 22.9 Å². The highest BCUT2D eigenvalue weighted by atomic mass is 16.5. The molecule has 0 spiro atoms.